The van der Waals surface area contributed by atoms with Gasteiger partial charge in [-0.05, 0) is 42.1 Å². The summed E-state index contributed by atoms with van der Waals surface area (Å²) in [7, 11) is -0.774. The molecule has 162 valence electrons. The molecule has 0 saturated carbocycles. The van der Waals surface area contributed by atoms with Crippen molar-refractivity contribution in [2.75, 3.05) is 26.0 Å². The van der Waals surface area contributed by atoms with E-state index in [-0.39, 0.29) is 4.90 Å². The first-order valence-corrected chi connectivity index (χ1v) is 11.6. The van der Waals surface area contributed by atoms with Crippen molar-refractivity contribution in [3.05, 3.63) is 70.4 Å². The molecule has 0 saturated heterocycles. The Balaban J connectivity index is 1.64. The van der Waals surface area contributed by atoms with E-state index in [1.165, 1.54) is 43.6 Å². The molecule has 3 rings (SSSR count). The highest BCUT2D eigenvalue weighted by molar-refractivity contribution is 7.89. The first-order chi connectivity index (χ1) is 14.7. The Kier molecular flexibility index (Phi) is 6.89. The zero-order valence-electron chi connectivity index (χ0n) is 17.3. The number of anilines is 1. The van der Waals surface area contributed by atoms with E-state index in [9.17, 15) is 18.0 Å². The second-order valence-electron chi connectivity index (χ2n) is 6.97. The average Bonchev–Trinajstić information content (AvgIpc) is 3.22. The Morgan fingerprint density at radius 1 is 1.06 bits per heavy atom. The van der Waals surface area contributed by atoms with Crippen LogP contribution in [0.25, 0.3) is 11.1 Å². The molecule has 2 aromatic carbocycles. The summed E-state index contributed by atoms with van der Waals surface area (Å²) in [5, 5.41) is 4.34. The minimum atomic E-state index is -3.63. The molecule has 0 aliphatic rings. The Bertz CT molecular complexity index is 1200. The minimum absolute atomic E-state index is 0.0496. The monoisotopic (exact) mass is 458 g/mol. The predicted octanol–water partition coefficient (Wildman–Crippen LogP) is 3.77. The first kappa shape index (κ1) is 22.7. The summed E-state index contributed by atoms with van der Waals surface area (Å²) in [5.41, 5.74) is 3.04. The Labute approximate surface area is 185 Å². The largest absolute Gasteiger partial charge is 0.451 e. The lowest BCUT2D eigenvalue weighted by Crippen LogP contribution is -2.23. The maximum Gasteiger partial charge on any atom is 0.349 e. The first-order valence-electron chi connectivity index (χ1n) is 9.32. The normalized spacial score (nSPS) is 11.4. The lowest BCUT2D eigenvalue weighted by molar-refractivity contribution is -0.119. The van der Waals surface area contributed by atoms with Gasteiger partial charge in [-0.3, -0.25) is 4.79 Å². The molecule has 1 aromatic heterocycles. The standard InChI is InChI=1S/C22H22N2O5S2/c1-15-7-9-16(10-8-15)19-11-12-30-21(19)22(26)29-14-20(25)23-17-5-4-6-18(13-17)31(27,28)24(2)3/h4-13H,14H2,1-3H3,(H,23,25). The number of rotatable bonds is 7. The average molecular weight is 459 g/mol. The van der Waals surface area contributed by atoms with Gasteiger partial charge in [-0.15, -0.1) is 11.3 Å². The number of hydrogen-bond acceptors (Lipinski definition) is 6. The van der Waals surface area contributed by atoms with Crippen LogP contribution in [-0.4, -0.2) is 45.3 Å². The van der Waals surface area contributed by atoms with Gasteiger partial charge in [-0.1, -0.05) is 35.9 Å². The van der Waals surface area contributed by atoms with E-state index in [0.29, 0.717) is 10.6 Å². The van der Waals surface area contributed by atoms with Crippen molar-refractivity contribution in [1.29, 1.82) is 0 Å². The molecule has 0 aliphatic carbocycles. The summed E-state index contributed by atoms with van der Waals surface area (Å²) in [4.78, 5) is 25.2. The van der Waals surface area contributed by atoms with Crippen LogP contribution in [-0.2, 0) is 19.6 Å². The molecule has 0 bridgehead atoms. The summed E-state index contributed by atoms with van der Waals surface area (Å²) < 4.78 is 30.7. The van der Waals surface area contributed by atoms with Gasteiger partial charge >= 0.3 is 5.97 Å². The van der Waals surface area contributed by atoms with Gasteiger partial charge in [0.25, 0.3) is 5.91 Å². The summed E-state index contributed by atoms with van der Waals surface area (Å²) >= 11 is 1.24. The van der Waals surface area contributed by atoms with Gasteiger partial charge in [0.05, 0.1) is 4.90 Å². The van der Waals surface area contributed by atoms with Crippen LogP contribution in [0.2, 0.25) is 0 Å². The third-order valence-corrected chi connectivity index (χ3v) is 7.15. The van der Waals surface area contributed by atoms with E-state index in [2.05, 4.69) is 5.32 Å². The molecular weight excluding hydrogens is 436 g/mol. The van der Waals surface area contributed by atoms with E-state index in [4.69, 9.17) is 4.74 Å². The number of benzene rings is 2. The van der Waals surface area contributed by atoms with Crippen molar-refractivity contribution in [2.24, 2.45) is 0 Å². The van der Waals surface area contributed by atoms with Crippen LogP contribution in [0.15, 0.2) is 64.9 Å². The van der Waals surface area contributed by atoms with Crippen molar-refractivity contribution < 1.29 is 22.7 Å². The lowest BCUT2D eigenvalue weighted by Gasteiger charge is -2.12. The van der Waals surface area contributed by atoms with E-state index < -0.39 is 28.5 Å². The Morgan fingerprint density at radius 2 is 1.77 bits per heavy atom. The van der Waals surface area contributed by atoms with Crippen LogP contribution in [0.3, 0.4) is 0 Å². The second kappa shape index (κ2) is 9.42. The number of thiophene rings is 1. The second-order valence-corrected chi connectivity index (χ2v) is 10.0. The quantitative estimate of drug-likeness (QED) is 0.544. The molecule has 1 amide bonds. The van der Waals surface area contributed by atoms with Gasteiger partial charge in [0.2, 0.25) is 10.0 Å². The SMILES string of the molecule is Cc1ccc(-c2ccsc2C(=O)OCC(=O)Nc2cccc(S(=O)(=O)N(C)C)c2)cc1. The summed E-state index contributed by atoms with van der Waals surface area (Å²) in [6.45, 7) is 1.49. The van der Waals surface area contributed by atoms with E-state index in [1.807, 2.05) is 37.3 Å². The van der Waals surface area contributed by atoms with Crippen molar-refractivity contribution in [1.82, 2.24) is 4.31 Å². The third-order valence-electron chi connectivity index (χ3n) is 4.44. The number of hydrogen-bond donors (Lipinski definition) is 1. The molecule has 0 radical (unpaired) electrons. The number of ether oxygens (including phenoxy) is 1. The number of sulfonamides is 1. The van der Waals surface area contributed by atoms with Crippen LogP contribution in [0.1, 0.15) is 15.2 Å². The molecule has 0 aliphatic heterocycles. The maximum absolute atomic E-state index is 12.5. The Hall–Kier alpha value is -3.01. The lowest BCUT2D eigenvalue weighted by atomic mass is 10.1. The smallest absolute Gasteiger partial charge is 0.349 e. The highest BCUT2D eigenvalue weighted by Gasteiger charge is 2.19. The van der Waals surface area contributed by atoms with Crippen LogP contribution >= 0.6 is 11.3 Å². The van der Waals surface area contributed by atoms with E-state index >= 15 is 0 Å². The fourth-order valence-electron chi connectivity index (χ4n) is 2.77. The molecule has 1 N–H and O–H groups in total. The van der Waals surface area contributed by atoms with Gasteiger partial charge in [0, 0.05) is 25.3 Å². The molecule has 0 atom stereocenters. The number of carbonyl (C=O) groups is 2. The molecule has 3 aromatic rings. The fourth-order valence-corrected chi connectivity index (χ4v) is 4.52. The van der Waals surface area contributed by atoms with Crippen molar-refractivity contribution >= 4 is 38.9 Å². The van der Waals surface area contributed by atoms with Crippen molar-refractivity contribution in [3.63, 3.8) is 0 Å². The zero-order chi connectivity index (χ0) is 22.6. The number of nitrogens with one attached hydrogen (secondary N) is 1. The number of carbonyl (C=O) groups excluding carboxylic acids is 2. The molecule has 31 heavy (non-hydrogen) atoms. The summed E-state index contributed by atoms with van der Waals surface area (Å²) in [5.74, 6) is -1.16. The molecule has 9 heteroatoms. The van der Waals surface area contributed by atoms with E-state index in [0.717, 1.165) is 21.0 Å². The zero-order valence-corrected chi connectivity index (χ0v) is 18.9. The molecule has 0 fully saturated rings. The topological polar surface area (TPSA) is 92.8 Å². The number of nitrogens with zero attached hydrogens (tertiary/aromatic N) is 1. The third kappa shape index (κ3) is 5.38. The molecule has 7 nitrogen and oxygen atoms in total. The van der Waals surface area contributed by atoms with Crippen LogP contribution in [0.5, 0.6) is 0 Å². The van der Waals surface area contributed by atoms with Gasteiger partial charge < -0.3 is 10.1 Å². The molecular formula is C22H22N2O5S2. The Morgan fingerprint density at radius 3 is 2.45 bits per heavy atom. The van der Waals surface area contributed by atoms with Gasteiger partial charge in [0.15, 0.2) is 6.61 Å². The van der Waals surface area contributed by atoms with Gasteiger partial charge in [-0.2, -0.15) is 0 Å². The molecule has 0 spiro atoms. The highest BCUT2D eigenvalue weighted by Crippen LogP contribution is 2.29. The summed E-state index contributed by atoms with van der Waals surface area (Å²) in [6, 6.07) is 15.5. The number of amides is 1. The fraction of sp³-hybridized carbons (Fsp3) is 0.182. The van der Waals surface area contributed by atoms with Crippen LogP contribution in [0.4, 0.5) is 5.69 Å². The highest BCUT2D eigenvalue weighted by atomic mass is 32.2. The minimum Gasteiger partial charge on any atom is -0.451 e. The predicted molar refractivity (Wildman–Crippen MR) is 121 cm³/mol. The van der Waals surface area contributed by atoms with Crippen LogP contribution in [0, 0.1) is 6.92 Å². The number of esters is 1. The molecule has 1 heterocycles. The van der Waals surface area contributed by atoms with E-state index in [1.54, 1.807) is 11.4 Å². The molecule has 0 unspecified atom stereocenters. The maximum atomic E-state index is 12.5. The van der Waals surface area contributed by atoms with Crippen molar-refractivity contribution in [2.45, 2.75) is 11.8 Å². The van der Waals surface area contributed by atoms with Crippen molar-refractivity contribution in [3.8, 4) is 11.1 Å². The van der Waals surface area contributed by atoms with Crippen LogP contribution < -0.4 is 5.32 Å². The summed E-state index contributed by atoms with van der Waals surface area (Å²) in [6.07, 6.45) is 0. The number of aryl methyl sites for hydroxylation is 1. The van der Waals surface area contributed by atoms with Gasteiger partial charge in [-0.25, -0.2) is 17.5 Å². The van der Waals surface area contributed by atoms with Gasteiger partial charge in [0.1, 0.15) is 4.88 Å².